The molecule has 0 aliphatic heterocycles. The van der Waals surface area contributed by atoms with Gasteiger partial charge in [-0.2, -0.15) is 0 Å². The Morgan fingerprint density at radius 2 is 2.24 bits per heavy atom. The number of ether oxygens (including phenoxy) is 1. The minimum atomic E-state index is -0.358. The zero-order valence-corrected chi connectivity index (χ0v) is 11.1. The third-order valence-electron chi connectivity index (χ3n) is 2.52. The minimum absolute atomic E-state index is 0.189. The molecular formula is C11H18N2O3S. The van der Waals surface area contributed by atoms with Gasteiger partial charge >= 0.3 is 5.00 Å². The van der Waals surface area contributed by atoms with E-state index in [0.717, 1.165) is 4.88 Å². The van der Waals surface area contributed by atoms with Gasteiger partial charge in [0.05, 0.1) is 11.5 Å². The molecule has 1 heterocycles. The molecule has 0 saturated heterocycles. The highest BCUT2D eigenvalue weighted by Gasteiger charge is 2.14. The number of nitrogens with zero attached hydrogens (tertiary/aromatic N) is 1. The van der Waals surface area contributed by atoms with E-state index in [9.17, 15) is 10.1 Å². The van der Waals surface area contributed by atoms with Crippen LogP contribution in [0.15, 0.2) is 12.1 Å². The first-order valence-electron chi connectivity index (χ1n) is 5.50. The van der Waals surface area contributed by atoms with Gasteiger partial charge in [0, 0.05) is 30.6 Å². The van der Waals surface area contributed by atoms with Crippen molar-refractivity contribution in [2.75, 3.05) is 13.7 Å². The topological polar surface area (TPSA) is 64.4 Å². The number of hydrogen-bond donors (Lipinski definition) is 1. The van der Waals surface area contributed by atoms with Gasteiger partial charge in [-0.25, -0.2) is 0 Å². The van der Waals surface area contributed by atoms with Crippen molar-refractivity contribution >= 4 is 16.3 Å². The van der Waals surface area contributed by atoms with E-state index in [1.165, 1.54) is 11.3 Å². The smallest absolute Gasteiger partial charge is 0.324 e. The van der Waals surface area contributed by atoms with Crippen LogP contribution in [-0.4, -0.2) is 24.7 Å². The van der Waals surface area contributed by atoms with Crippen LogP contribution >= 0.6 is 11.3 Å². The molecule has 0 bridgehead atoms. The lowest BCUT2D eigenvalue weighted by molar-refractivity contribution is -0.380. The standard InChI is InChI=1S/C11H18N2O3S/c1-8(2)10(7-16-3)12-6-9-4-5-11(17-9)13(14)15/h4-5,8,10,12H,6-7H2,1-3H3. The van der Waals surface area contributed by atoms with E-state index in [1.54, 1.807) is 19.2 Å². The fourth-order valence-corrected chi connectivity index (χ4v) is 2.23. The summed E-state index contributed by atoms with van der Waals surface area (Å²) in [7, 11) is 1.67. The molecule has 1 atom stereocenters. The molecule has 17 heavy (non-hydrogen) atoms. The number of nitro groups is 1. The van der Waals surface area contributed by atoms with E-state index < -0.39 is 0 Å². The highest BCUT2D eigenvalue weighted by atomic mass is 32.1. The van der Waals surface area contributed by atoms with Gasteiger partial charge in [0.15, 0.2) is 0 Å². The molecule has 6 heteroatoms. The Bertz CT molecular complexity index is 365. The second-order valence-corrected chi connectivity index (χ2v) is 5.33. The fourth-order valence-electron chi connectivity index (χ4n) is 1.46. The van der Waals surface area contributed by atoms with Crippen molar-refractivity contribution in [2.24, 2.45) is 5.92 Å². The number of hydrogen-bond acceptors (Lipinski definition) is 5. The van der Waals surface area contributed by atoms with Crippen LogP contribution in [0.2, 0.25) is 0 Å². The molecule has 5 nitrogen and oxygen atoms in total. The van der Waals surface area contributed by atoms with Crippen molar-refractivity contribution in [3.63, 3.8) is 0 Å². The average Bonchev–Trinajstić information content (AvgIpc) is 2.72. The van der Waals surface area contributed by atoms with Gasteiger partial charge in [-0.1, -0.05) is 25.2 Å². The molecule has 1 N–H and O–H groups in total. The molecule has 1 aromatic rings. The van der Waals surface area contributed by atoms with Gasteiger partial charge in [-0.15, -0.1) is 0 Å². The first-order chi connectivity index (χ1) is 8.04. The number of thiophene rings is 1. The van der Waals surface area contributed by atoms with Crippen molar-refractivity contribution in [3.05, 3.63) is 27.1 Å². The lowest BCUT2D eigenvalue weighted by Gasteiger charge is -2.21. The average molecular weight is 258 g/mol. The zero-order valence-electron chi connectivity index (χ0n) is 10.3. The van der Waals surface area contributed by atoms with E-state index in [4.69, 9.17) is 4.74 Å². The summed E-state index contributed by atoms with van der Waals surface area (Å²) in [6.45, 7) is 5.52. The number of nitrogens with one attached hydrogen (secondary N) is 1. The Balaban J connectivity index is 2.50. The molecule has 96 valence electrons. The fraction of sp³-hybridized carbons (Fsp3) is 0.636. The Hall–Kier alpha value is -0.980. The Kier molecular flexibility index (Phi) is 5.54. The molecule has 0 aliphatic carbocycles. The SMILES string of the molecule is COCC(NCc1ccc([N+](=O)[O-])s1)C(C)C. The van der Waals surface area contributed by atoms with Crippen LogP contribution in [0.5, 0.6) is 0 Å². The Labute approximate surface area is 105 Å². The van der Waals surface area contributed by atoms with Gasteiger partial charge in [0.2, 0.25) is 0 Å². The highest BCUT2D eigenvalue weighted by Crippen LogP contribution is 2.23. The maximum absolute atomic E-state index is 10.5. The van der Waals surface area contributed by atoms with Crippen LogP contribution in [-0.2, 0) is 11.3 Å². The quantitative estimate of drug-likeness (QED) is 0.602. The van der Waals surface area contributed by atoms with E-state index in [2.05, 4.69) is 19.2 Å². The first kappa shape index (κ1) is 14.1. The van der Waals surface area contributed by atoms with Crippen LogP contribution in [0.4, 0.5) is 5.00 Å². The summed E-state index contributed by atoms with van der Waals surface area (Å²) in [6.07, 6.45) is 0. The molecule has 1 aromatic heterocycles. The van der Waals surface area contributed by atoms with Crippen molar-refractivity contribution in [2.45, 2.75) is 26.4 Å². The van der Waals surface area contributed by atoms with Gasteiger partial charge in [-0.05, 0) is 12.0 Å². The van der Waals surface area contributed by atoms with Crippen molar-refractivity contribution < 1.29 is 9.66 Å². The number of methoxy groups -OCH3 is 1. The van der Waals surface area contributed by atoms with E-state index >= 15 is 0 Å². The van der Waals surface area contributed by atoms with Crippen LogP contribution in [0.25, 0.3) is 0 Å². The molecule has 0 radical (unpaired) electrons. The third-order valence-corrected chi connectivity index (χ3v) is 3.55. The monoisotopic (exact) mass is 258 g/mol. The van der Waals surface area contributed by atoms with E-state index in [0.29, 0.717) is 19.1 Å². The highest BCUT2D eigenvalue weighted by molar-refractivity contribution is 7.15. The number of rotatable bonds is 7. The summed E-state index contributed by atoms with van der Waals surface area (Å²) in [5.41, 5.74) is 0. The van der Waals surface area contributed by atoms with E-state index in [1.807, 2.05) is 0 Å². The Morgan fingerprint density at radius 3 is 2.71 bits per heavy atom. The molecule has 0 amide bonds. The van der Waals surface area contributed by atoms with Crippen molar-refractivity contribution in [1.82, 2.24) is 5.32 Å². The summed E-state index contributed by atoms with van der Waals surface area (Å²) in [5, 5.41) is 14.1. The predicted octanol–water partition coefficient (Wildman–Crippen LogP) is 2.42. The minimum Gasteiger partial charge on any atom is -0.383 e. The van der Waals surface area contributed by atoms with Gasteiger partial charge in [0.1, 0.15) is 0 Å². The molecule has 0 fully saturated rings. The first-order valence-corrected chi connectivity index (χ1v) is 6.31. The van der Waals surface area contributed by atoms with E-state index in [-0.39, 0.29) is 16.0 Å². The molecule has 0 saturated carbocycles. The largest absolute Gasteiger partial charge is 0.383 e. The maximum Gasteiger partial charge on any atom is 0.324 e. The lowest BCUT2D eigenvalue weighted by Crippen LogP contribution is -2.37. The van der Waals surface area contributed by atoms with Crippen LogP contribution in [0, 0.1) is 16.0 Å². The summed E-state index contributed by atoms with van der Waals surface area (Å²) in [6, 6.07) is 3.60. The molecule has 1 unspecified atom stereocenters. The molecule has 0 aromatic carbocycles. The second kappa shape index (κ2) is 6.68. The zero-order chi connectivity index (χ0) is 12.8. The van der Waals surface area contributed by atoms with Gasteiger partial charge in [0.25, 0.3) is 0 Å². The van der Waals surface area contributed by atoms with Crippen LogP contribution < -0.4 is 5.32 Å². The van der Waals surface area contributed by atoms with Crippen LogP contribution in [0.3, 0.4) is 0 Å². The van der Waals surface area contributed by atoms with Crippen molar-refractivity contribution in [3.8, 4) is 0 Å². The van der Waals surface area contributed by atoms with Crippen molar-refractivity contribution in [1.29, 1.82) is 0 Å². The molecule has 0 spiro atoms. The summed E-state index contributed by atoms with van der Waals surface area (Å²) >= 11 is 1.21. The van der Waals surface area contributed by atoms with Gasteiger partial charge in [-0.3, -0.25) is 10.1 Å². The molecule has 1 rings (SSSR count). The predicted molar refractivity (Wildman–Crippen MR) is 68.3 cm³/mol. The van der Waals surface area contributed by atoms with Crippen LogP contribution in [0.1, 0.15) is 18.7 Å². The molecular weight excluding hydrogens is 240 g/mol. The third kappa shape index (κ3) is 4.41. The summed E-state index contributed by atoms with van der Waals surface area (Å²) in [5.74, 6) is 0.463. The maximum atomic E-state index is 10.5. The summed E-state index contributed by atoms with van der Waals surface area (Å²) < 4.78 is 5.13. The molecule has 0 aliphatic rings. The Morgan fingerprint density at radius 1 is 1.53 bits per heavy atom. The second-order valence-electron chi connectivity index (χ2n) is 4.18. The normalized spacial score (nSPS) is 12.9. The van der Waals surface area contributed by atoms with Gasteiger partial charge < -0.3 is 10.1 Å². The summed E-state index contributed by atoms with van der Waals surface area (Å²) in [4.78, 5) is 11.2. The lowest BCUT2D eigenvalue weighted by atomic mass is 10.1.